The van der Waals surface area contributed by atoms with E-state index < -0.39 is 0 Å². The van der Waals surface area contributed by atoms with E-state index >= 15 is 0 Å². The van der Waals surface area contributed by atoms with Gasteiger partial charge in [0.25, 0.3) is 0 Å². The van der Waals surface area contributed by atoms with Gasteiger partial charge in [0.1, 0.15) is 11.8 Å². The Morgan fingerprint density at radius 3 is 3.08 bits per heavy atom. The van der Waals surface area contributed by atoms with Gasteiger partial charge < -0.3 is 9.15 Å². The van der Waals surface area contributed by atoms with E-state index in [1.165, 1.54) is 10.4 Å². The lowest BCUT2D eigenvalue weighted by Gasteiger charge is -2.31. The Morgan fingerprint density at radius 2 is 2.23 bits per heavy atom. The van der Waals surface area contributed by atoms with Crippen LogP contribution in [0.5, 0.6) is 0 Å². The molecule has 4 aromatic rings. The molecule has 0 saturated carbocycles. The fourth-order valence-corrected chi connectivity index (χ4v) is 4.10. The highest BCUT2D eigenvalue weighted by atomic mass is 32.1. The number of morpholine rings is 1. The fraction of sp³-hybridized carbons (Fsp3) is 0.263. The summed E-state index contributed by atoms with van der Waals surface area (Å²) in [6.07, 6.45) is 5.47. The molecule has 0 amide bonds. The van der Waals surface area contributed by atoms with Crippen LogP contribution in [-0.4, -0.2) is 39.4 Å². The van der Waals surface area contributed by atoms with Gasteiger partial charge in [0.05, 0.1) is 24.6 Å². The van der Waals surface area contributed by atoms with Gasteiger partial charge in [-0.25, -0.2) is 4.52 Å². The van der Waals surface area contributed by atoms with E-state index in [-0.39, 0.29) is 6.10 Å². The maximum atomic E-state index is 6.00. The molecule has 6 nitrogen and oxygen atoms in total. The van der Waals surface area contributed by atoms with E-state index in [2.05, 4.69) is 44.9 Å². The van der Waals surface area contributed by atoms with Crippen molar-refractivity contribution >= 4 is 16.9 Å². The molecule has 1 atom stereocenters. The van der Waals surface area contributed by atoms with Gasteiger partial charge in [-0.1, -0.05) is 11.3 Å². The molecule has 5 rings (SSSR count). The van der Waals surface area contributed by atoms with Crippen molar-refractivity contribution in [3.8, 4) is 10.4 Å². The molecule has 1 unspecified atom stereocenters. The third-order valence-corrected chi connectivity index (χ3v) is 5.61. The van der Waals surface area contributed by atoms with Crippen molar-refractivity contribution in [3.63, 3.8) is 0 Å². The minimum Gasteiger partial charge on any atom is -0.472 e. The van der Waals surface area contributed by atoms with Gasteiger partial charge in [-0.05, 0) is 29.6 Å². The average molecular weight is 366 g/mol. The van der Waals surface area contributed by atoms with E-state index in [0.717, 1.165) is 36.4 Å². The first-order valence-corrected chi connectivity index (χ1v) is 9.49. The lowest BCUT2D eigenvalue weighted by molar-refractivity contribution is -0.0343. The lowest BCUT2D eigenvalue weighted by Crippen LogP contribution is -2.37. The van der Waals surface area contributed by atoms with Crippen molar-refractivity contribution in [3.05, 3.63) is 65.7 Å². The molecule has 0 bridgehead atoms. The molecule has 0 aliphatic carbocycles. The van der Waals surface area contributed by atoms with Crippen molar-refractivity contribution in [2.75, 3.05) is 19.7 Å². The Morgan fingerprint density at radius 1 is 1.23 bits per heavy atom. The van der Waals surface area contributed by atoms with Crippen LogP contribution in [0.4, 0.5) is 0 Å². The van der Waals surface area contributed by atoms with Gasteiger partial charge in [0.15, 0.2) is 0 Å². The maximum absolute atomic E-state index is 6.00. The van der Waals surface area contributed by atoms with E-state index in [9.17, 15) is 0 Å². The zero-order valence-electron chi connectivity index (χ0n) is 14.1. The summed E-state index contributed by atoms with van der Waals surface area (Å²) in [5, 5.41) is 10.8. The van der Waals surface area contributed by atoms with Crippen LogP contribution in [0.1, 0.15) is 17.4 Å². The predicted molar refractivity (Wildman–Crippen MR) is 99.0 cm³/mol. The van der Waals surface area contributed by atoms with Crippen molar-refractivity contribution in [1.29, 1.82) is 0 Å². The number of furan rings is 1. The number of nitrogens with zero attached hydrogens (tertiary/aromatic N) is 4. The van der Waals surface area contributed by atoms with E-state index in [4.69, 9.17) is 9.15 Å². The van der Waals surface area contributed by atoms with Gasteiger partial charge in [-0.3, -0.25) is 4.90 Å². The number of hydrogen-bond acceptors (Lipinski definition) is 6. The molecule has 0 aromatic carbocycles. The number of hydrogen-bond donors (Lipinski definition) is 0. The molecule has 0 radical (unpaired) electrons. The zero-order chi connectivity index (χ0) is 17.3. The first kappa shape index (κ1) is 15.7. The van der Waals surface area contributed by atoms with Crippen molar-refractivity contribution in [2.45, 2.75) is 12.6 Å². The van der Waals surface area contributed by atoms with Crippen LogP contribution in [0.15, 0.2) is 58.9 Å². The number of pyridine rings is 1. The molecule has 26 heavy (non-hydrogen) atoms. The smallest absolute Gasteiger partial charge is 0.121 e. The van der Waals surface area contributed by atoms with Crippen molar-refractivity contribution in [1.82, 2.24) is 19.7 Å². The second kappa shape index (κ2) is 6.68. The minimum atomic E-state index is -0.0688. The molecule has 1 aliphatic rings. The van der Waals surface area contributed by atoms with Crippen molar-refractivity contribution in [2.24, 2.45) is 0 Å². The van der Waals surface area contributed by atoms with Gasteiger partial charge in [-0.15, -0.1) is 16.4 Å². The normalized spacial score (nSPS) is 18.5. The summed E-state index contributed by atoms with van der Waals surface area (Å²) in [4.78, 5) is 3.59. The topological polar surface area (TPSA) is 55.8 Å². The van der Waals surface area contributed by atoms with Gasteiger partial charge in [0, 0.05) is 41.8 Å². The summed E-state index contributed by atoms with van der Waals surface area (Å²) in [5.41, 5.74) is 4.23. The number of fused-ring (bicyclic) bond motifs is 1. The quantitative estimate of drug-likeness (QED) is 0.552. The van der Waals surface area contributed by atoms with Crippen LogP contribution in [-0.2, 0) is 11.3 Å². The van der Waals surface area contributed by atoms with Crippen LogP contribution >= 0.6 is 11.3 Å². The second-order valence-corrected chi connectivity index (χ2v) is 7.37. The molecule has 4 aromatic heterocycles. The monoisotopic (exact) mass is 366 g/mol. The molecule has 1 fully saturated rings. The number of aromatic nitrogens is 3. The molecular formula is C19H18N4O2S. The SMILES string of the molecule is c1csc(-c2ccc3c(C4CN(Cc5ccoc5)CCO4)nnn3c2)c1. The third kappa shape index (κ3) is 2.94. The third-order valence-electron chi connectivity index (χ3n) is 4.69. The number of rotatable bonds is 4. The molecular weight excluding hydrogens is 348 g/mol. The Balaban J connectivity index is 1.39. The predicted octanol–water partition coefficient (Wildman–Crippen LogP) is 3.62. The molecule has 132 valence electrons. The van der Waals surface area contributed by atoms with Gasteiger partial charge >= 0.3 is 0 Å². The van der Waals surface area contributed by atoms with Crippen molar-refractivity contribution < 1.29 is 9.15 Å². The molecule has 0 N–H and O–H groups in total. The molecule has 0 spiro atoms. The summed E-state index contributed by atoms with van der Waals surface area (Å²) in [6.45, 7) is 3.25. The maximum Gasteiger partial charge on any atom is 0.121 e. The molecule has 5 heterocycles. The Hall–Kier alpha value is -2.48. The van der Waals surface area contributed by atoms with Crippen LogP contribution in [0.3, 0.4) is 0 Å². The van der Waals surface area contributed by atoms with Gasteiger partial charge in [0.2, 0.25) is 0 Å². The highest BCUT2D eigenvalue weighted by molar-refractivity contribution is 7.13. The minimum absolute atomic E-state index is 0.0688. The Kier molecular flexibility index (Phi) is 4.05. The van der Waals surface area contributed by atoms with Gasteiger partial charge in [-0.2, -0.15) is 0 Å². The van der Waals surface area contributed by atoms with E-state index in [1.807, 2.05) is 16.8 Å². The summed E-state index contributed by atoms with van der Waals surface area (Å²) in [5.74, 6) is 0. The van der Waals surface area contributed by atoms with Crippen LogP contribution < -0.4 is 0 Å². The first-order valence-electron chi connectivity index (χ1n) is 8.61. The number of thiophene rings is 1. The summed E-state index contributed by atoms with van der Waals surface area (Å²) < 4.78 is 13.0. The summed E-state index contributed by atoms with van der Waals surface area (Å²) >= 11 is 1.72. The summed E-state index contributed by atoms with van der Waals surface area (Å²) in [7, 11) is 0. The highest BCUT2D eigenvalue weighted by Gasteiger charge is 2.26. The number of ether oxygens (including phenoxy) is 1. The zero-order valence-corrected chi connectivity index (χ0v) is 14.9. The Bertz CT molecular complexity index is 994. The highest BCUT2D eigenvalue weighted by Crippen LogP contribution is 2.28. The fourth-order valence-electron chi connectivity index (χ4n) is 3.38. The summed E-state index contributed by atoms with van der Waals surface area (Å²) in [6, 6.07) is 10.4. The van der Waals surface area contributed by atoms with E-state index in [1.54, 1.807) is 23.9 Å². The standard InChI is InChI=1S/C19H18N4O2S/c1-2-18(26-9-1)15-3-4-16-19(20-21-23(16)11-15)17-12-22(6-8-25-17)10-14-5-7-24-13-14/h1-5,7,9,11,13,17H,6,8,10,12H2. The second-order valence-electron chi connectivity index (χ2n) is 6.43. The largest absolute Gasteiger partial charge is 0.472 e. The molecule has 7 heteroatoms. The lowest BCUT2D eigenvalue weighted by atomic mass is 10.1. The van der Waals surface area contributed by atoms with Crippen LogP contribution in [0.25, 0.3) is 16.0 Å². The average Bonchev–Trinajstić information content (AvgIpc) is 3.43. The van der Waals surface area contributed by atoms with Crippen LogP contribution in [0.2, 0.25) is 0 Å². The molecule has 1 aliphatic heterocycles. The Labute approximate surface area is 154 Å². The van der Waals surface area contributed by atoms with E-state index in [0.29, 0.717) is 6.61 Å². The van der Waals surface area contributed by atoms with Crippen LogP contribution in [0, 0.1) is 0 Å². The molecule has 1 saturated heterocycles. The first-order chi connectivity index (χ1) is 12.9.